The molecule has 0 aromatic heterocycles. The molecule has 0 spiro atoms. The minimum Gasteiger partial charge on any atom is -0.277 e. The SMILES string of the molecule is Cc1ccc(S(=O)(=O)Nc2ccc(Br)c(C(F)(F)F)c2F)cc1. The van der Waals surface area contributed by atoms with E-state index in [-0.39, 0.29) is 4.90 Å². The van der Waals surface area contributed by atoms with Crippen molar-refractivity contribution in [2.24, 2.45) is 0 Å². The molecule has 3 nitrogen and oxygen atoms in total. The van der Waals surface area contributed by atoms with Gasteiger partial charge in [-0.2, -0.15) is 13.2 Å². The molecule has 0 amide bonds. The van der Waals surface area contributed by atoms with Crippen LogP contribution in [0.2, 0.25) is 0 Å². The molecule has 0 saturated heterocycles. The first-order valence-corrected chi connectivity index (χ1v) is 8.44. The van der Waals surface area contributed by atoms with Crippen LogP contribution < -0.4 is 4.72 Å². The number of hydrogen-bond donors (Lipinski definition) is 1. The van der Waals surface area contributed by atoms with Gasteiger partial charge in [-0.15, -0.1) is 0 Å². The van der Waals surface area contributed by atoms with Gasteiger partial charge in [-0.1, -0.05) is 33.6 Å². The molecule has 0 aliphatic rings. The van der Waals surface area contributed by atoms with E-state index in [1.807, 2.05) is 4.72 Å². The average molecular weight is 412 g/mol. The fourth-order valence-electron chi connectivity index (χ4n) is 1.81. The second-order valence-electron chi connectivity index (χ2n) is 4.70. The number of benzene rings is 2. The van der Waals surface area contributed by atoms with Gasteiger partial charge in [0, 0.05) is 4.47 Å². The number of halogens is 5. The van der Waals surface area contributed by atoms with Crippen molar-refractivity contribution in [1.82, 2.24) is 0 Å². The third-order valence-corrected chi connectivity index (χ3v) is 4.99. The molecule has 2 aromatic rings. The summed E-state index contributed by atoms with van der Waals surface area (Å²) in [4.78, 5) is -0.182. The summed E-state index contributed by atoms with van der Waals surface area (Å²) in [5.41, 5.74) is -1.54. The monoisotopic (exact) mass is 411 g/mol. The second-order valence-corrected chi connectivity index (χ2v) is 7.24. The van der Waals surface area contributed by atoms with E-state index in [0.29, 0.717) is 0 Å². The molecule has 0 radical (unpaired) electrons. The van der Waals surface area contributed by atoms with Crippen LogP contribution in [-0.4, -0.2) is 8.42 Å². The van der Waals surface area contributed by atoms with Crippen molar-refractivity contribution in [2.45, 2.75) is 18.0 Å². The van der Waals surface area contributed by atoms with Crippen molar-refractivity contribution >= 4 is 31.6 Å². The zero-order valence-electron chi connectivity index (χ0n) is 11.6. The number of rotatable bonds is 3. The Hall–Kier alpha value is -1.61. The van der Waals surface area contributed by atoms with Gasteiger partial charge < -0.3 is 0 Å². The highest BCUT2D eigenvalue weighted by Gasteiger charge is 2.38. The van der Waals surface area contributed by atoms with Gasteiger partial charge in [-0.3, -0.25) is 4.72 Å². The van der Waals surface area contributed by atoms with E-state index < -0.39 is 37.7 Å². The maximum Gasteiger partial charge on any atom is 0.420 e. The lowest BCUT2D eigenvalue weighted by Gasteiger charge is -2.15. The second kappa shape index (κ2) is 6.12. The quantitative estimate of drug-likeness (QED) is 0.742. The van der Waals surface area contributed by atoms with Crippen LogP contribution in [0.3, 0.4) is 0 Å². The molecule has 0 fully saturated rings. The number of hydrogen-bond acceptors (Lipinski definition) is 2. The molecule has 0 heterocycles. The van der Waals surface area contributed by atoms with Gasteiger partial charge in [0.15, 0.2) is 5.82 Å². The van der Waals surface area contributed by atoms with E-state index in [0.717, 1.165) is 17.7 Å². The summed E-state index contributed by atoms with van der Waals surface area (Å²) < 4.78 is 78.2. The lowest BCUT2D eigenvalue weighted by molar-refractivity contribution is -0.140. The van der Waals surface area contributed by atoms with Gasteiger partial charge in [-0.25, -0.2) is 12.8 Å². The topological polar surface area (TPSA) is 46.2 Å². The Morgan fingerprint density at radius 1 is 1.04 bits per heavy atom. The largest absolute Gasteiger partial charge is 0.420 e. The van der Waals surface area contributed by atoms with Crippen LogP contribution in [0.1, 0.15) is 11.1 Å². The molecule has 0 aliphatic heterocycles. The van der Waals surface area contributed by atoms with Gasteiger partial charge in [-0.05, 0) is 31.2 Å². The number of anilines is 1. The minimum absolute atomic E-state index is 0.182. The first kappa shape index (κ1) is 17.7. The van der Waals surface area contributed by atoms with Crippen molar-refractivity contribution in [3.8, 4) is 0 Å². The third kappa shape index (κ3) is 3.84. The standard InChI is InChI=1S/C14H10BrF4NO2S/c1-8-2-4-9(5-3-8)23(21,22)20-11-7-6-10(15)12(13(11)16)14(17,18)19/h2-7,20H,1H3. The van der Waals surface area contributed by atoms with Crippen molar-refractivity contribution in [2.75, 3.05) is 4.72 Å². The molecule has 2 aromatic carbocycles. The molecule has 124 valence electrons. The molecule has 0 saturated carbocycles. The van der Waals surface area contributed by atoms with E-state index in [4.69, 9.17) is 0 Å². The van der Waals surface area contributed by atoms with Crippen LogP contribution in [0.25, 0.3) is 0 Å². The summed E-state index contributed by atoms with van der Waals surface area (Å²) in [5, 5.41) is 0. The molecule has 0 bridgehead atoms. The Balaban J connectivity index is 2.46. The Morgan fingerprint density at radius 3 is 2.13 bits per heavy atom. The lowest BCUT2D eigenvalue weighted by Crippen LogP contribution is -2.17. The van der Waals surface area contributed by atoms with Crippen molar-refractivity contribution in [3.05, 3.63) is 57.8 Å². The van der Waals surface area contributed by atoms with E-state index in [1.54, 1.807) is 6.92 Å². The molecule has 2 rings (SSSR count). The Bertz CT molecular complexity index is 833. The summed E-state index contributed by atoms with van der Waals surface area (Å²) in [6.07, 6.45) is -4.96. The van der Waals surface area contributed by atoms with Crippen molar-refractivity contribution in [1.29, 1.82) is 0 Å². The van der Waals surface area contributed by atoms with Gasteiger partial charge >= 0.3 is 6.18 Å². The zero-order valence-corrected chi connectivity index (χ0v) is 14.0. The van der Waals surface area contributed by atoms with Gasteiger partial charge in [0.1, 0.15) is 5.56 Å². The normalized spacial score (nSPS) is 12.3. The molecule has 0 aliphatic carbocycles. The van der Waals surface area contributed by atoms with Gasteiger partial charge in [0.2, 0.25) is 0 Å². The highest BCUT2D eigenvalue weighted by atomic mass is 79.9. The van der Waals surface area contributed by atoms with E-state index in [9.17, 15) is 26.0 Å². The number of aryl methyl sites for hydroxylation is 1. The molecule has 0 unspecified atom stereocenters. The van der Waals surface area contributed by atoms with Crippen LogP contribution in [0.4, 0.5) is 23.2 Å². The summed E-state index contributed by atoms with van der Waals surface area (Å²) in [7, 11) is -4.20. The Labute approximate surface area is 138 Å². The van der Waals surface area contributed by atoms with E-state index >= 15 is 0 Å². The molecule has 23 heavy (non-hydrogen) atoms. The highest BCUT2D eigenvalue weighted by molar-refractivity contribution is 9.10. The van der Waals surface area contributed by atoms with Crippen LogP contribution in [0.5, 0.6) is 0 Å². The predicted octanol–water partition coefficient (Wildman–Crippen LogP) is 4.72. The van der Waals surface area contributed by atoms with Crippen LogP contribution in [0, 0.1) is 12.7 Å². The van der Waals surface area contributed by atoms with Crippen molar-refractivity contribution in [3.63, 3.8) is 0 Å². The maximum atomic E-state index is 14.1. The molecule has 9 heteroatoms. The van der Waals surface area contributed by atoms with E-state index in [2.05, 4.69) is 15.9 Å². The lowest BCUT2D eigenvalue weighted by atomic mass is 10.2. The summed E-state index contributed by atoms with van der Waals surface area (Å²) in [6.45, 7) is 1.74. The number of sulfonamides is 1. The summed E-state index contributed by atoms with van der Waals surface area (Å²) in [6, 6.07) is 7.44. The Morgan fingerprint density at radius 2 is 1.61 bits per heavy atom. The van der Waals surface area contributed by atoms with Crippen LogP contribution >= 0.6 is 15.9 Å². The average Bonchev–Trinajstić information content (AvgIpc) is 2.41. The van der Waals surface area contributed by atoms with Crippen LogP contribution in [-0.2, 0) is 16.2 Å². The minimum atomic E-state index is -4.96. The van der Waals surface area contributed by atoms with Gasteiger partial charge in [0.25, 0.3) is 10.0 Å². The summed E-state index contributed by atoms with van der Waals surface area (Å²) >= 11 is 2.61. The molecule has 1 N–H and O–H groups in total. The van der Waals surface area contributed by atoms with Crippen LogP contribution in [0.15, 0.2) is 45.8 Å². The molecular weight excluding hydrogens is 402 g/mol. The smallest absolute Gasteiger partial charge is 0.277 e. The molecular formula is C14H10BrF4NO2S. The van der Waals surface area contributed by atoms with Crippen molar-refractivity contribution < 1.29 is 26.0 Å². The zero-order chi connectivity index (χ0) is 17.4. The predicted molar refractivity (Wildman–Crippen MR) is 81.1 cm³/mol. The fraction of sp³-hybridized carbons (Fsp3) is 0.143. The summed E-state index contributed by atoms with van der Waals surface area (Å²) in [5.74, 6) is -1.69. The number of alkyl halides is 3. The Kier molecular flexibility index (Phi) is 4.72. The van der Waals surface area contributed by atoms with E-state index in [1.165, 1.54) is 24.3 Å². The number of nitrogens with one attached hydrogen (secondary N) is 1. The third-order valence-electron chi connectivity index (χ3n) is 2.95. The highest BCUT2D eigenvalue weighted by Crippen LogP contribution is 2.39. The maximum absolute atomic E-state index is 14.1. The first-order chi connectivity index (χ1) is 10.5. The first-order valence-electron chi connectivity index (χ1n) is 6.17. The molecule has 0 atom stereocenters. The van der Waals surface area contributed by atoms with Gasteiger partial charge in [0.05, 0.1) is 10.6 Å². The fourth-order valence-corrected chi connectivity index (χ4v) is 3.40.